The van der Waals surface area contributed by atoms with E-state index in [0.29, 0.717) is 29.4 Å². The molecule has 1 aliphatic rings. The van der Waals surface area contributed by atoms with Crippen molar-refractivity contribution in [1.29, 1.82) is 0 Å². The average Bonchev–Trinajstić information content (AvgIpc) is 3.03. The van der Waals surface area contributed by atoms with Crippen molar-refractivity contribution >= 4 is 33.7 Å². The summed E-state index contributed by atoms with van der Waals surface area (Å²) in [6.07, 6.45) is 0.780. The Morgan fingerprint density at radius 3 is 2.74 bits per heavy atom. The molecule has 0 bridgehead atoms. The largest absolute Gasteiger partial charge is 0.360 e. The summed E-state index contributed by atoms with van der Waals surface area (Å²) in [5.74, 6) is 0.605. The van der Waals surface area contributed by atoms with Crippen LogP contribution in [0.4, 0.5) is 10.6 Å². The van der Waals surface area contributed by atoms with Crippen molar-refractivity contribution in [3.05, 3.63) is 57.4 Å². The van der Waals surface area contributed by atoms with Crippen molar-refractivity contribution in [2.45, 2.75) is 33.2 Å². The number of rotatable bonds is 5. The topological polar surface area (TPSA) is 87.5 Å². The highest BCUT2D eigenvalue weighted by Crippen LogP contribution is 2.34. The Morgan fingerprint density at radius 1 is 1.37 bits per heavy atom. The molecule has 7 nitrogen and oxygen atoms in total. The van der Waals surface area contributed by atoms with E-state index in [0.717, 1.165) is 16.5 Å². The minimum Gasteiger partial charge on any atom is -0.360 e. The van der Waals surface area contributed by atoms with Crippen LogP contribution < -0.4 is 10.6 Å². The third-order valence-corrected chi connectivity index (χ3v) is 5.10. The molecule has 2 aromatic rings. The second kappa shape index (κ2) is 7.96. The van der Waals surface area contributed by atoms with Crippen LogP contribution in [0.25, 0.3) is 0 Å². The summed E-state index contributed by atoms with van der Waals surface area (Å²) < 4.78 is 5.83. The summed E-state index contributed by atoms with van der Waals surface area (Å²) in [7, 11) is 0. The summed E-state index contributed by atoms with van der Waals surface area (Å²) in [5, 5.41) is 9.54. The van der Waals surface area contributed by atoms with Gasteiger partial charge in [-0.2, -0.15) is 0 Å². The van der Waals surface area contributed by atoms with E-state index >= 15 is 0 Å². The van der Waals surface area contributed by atoms with Gasteiger partial charge in [-0.1, -0.05) is 46.2 Å². The zero-order valence-electron chi connectivity index (χ0n) is 15.4. The number of carbonyl (C=O) groups is 2. The molecule has 3 rings (SSSR count). The van der Waals surface area contributed by atoms with E-state index in [4.69, 9.17) is 4.52 Å². The molecule has 0 fully saturated rings. The van der Waals surface area contributed by atoms with Gasteiger partial charge in [0.2, 0.25) is 0 Å². The summed E-state index contributed by atoms with van der Waals surface area (Å²) in [6.45, 7) is 6.06. The maximum Gasteiger partial charge on any atom is 0.322 e. The van der Waals surface area contributed by atoms with Gasteiger partial charge in [0, 0.05) is 22.8 Å². The van der Waals surface area contributed by atoms with Crippen LogP contribution in [0.2, 0.25) is 0 Å². The normalized spacial score (nSPS) is 17.1. The van der Waals surface area contributed by atoms with Crippen molar-refractivity contribution < 1.29 is 14.1 Å². The summed E-state index contributed by atoms with van der Waals surface area (Å²) in [5.41, 5.74) is 1.90. The van der Waals surface area contributed by atoms with Gasteiger partial charge in [-0.15, -0.1) is 0 Å². The first-order valence-corrected chi connectivity index (χ1v) is 9.49. The van der Waals surface area contributed by atoms with E-state index in [1.165, 1.54) is 0 Å². The Hall–Kier alpha value is -2.61. The lowest BCUT2D eigenvalue weighted by Gasteiger charge is -2.35. The molecule has 8 heteroatoms. The van der Waals surface area contributed by atoms with E-state index < -0.39 is 6.04 Å². The number of amides is 3. The molecule has 3 amide bonds. The molecule has 0 saturated heterocycles. The number of carbonyl (C=O) groups excluding carboxylic acids is 2. The number of urea groups is 1. The number of benzene rings is 1. The minimum absolute atomic E-state index is 0.219. The molecule has 0 spiro atoms. The molecule has 1 aromatic heterocycles. The number of nitrogens with zero attached hydrogens (tertiary/aromatic N) is 2. The van der Waals surface area contributed by atoms with Crippen LogP contribution in [0.15, 0.2) is 50.6 Å². The van der Waals surface area contributed by atoms with Gasteiger partial charge >= 0.3 is 6.03 Å². The number of nitrogens with one attached hydrogen (secondary N) is 2. The van der Waals surface area contributed by atoms with Crippen LogP contribution in [0.5, 0.6) is 0 Å². The van der Waals surface area contributed by atoms with Gasteiger partial charge in [0.1, 0.15) is 5.76 Å². The number of anilines is 1. The molecule has 1 unspecified atom stereocenters. The van der Waals surface area contributed by atoms with Gasteiger partial charge < -0.3 is 15.2 Å². The van der Waals surface area contributed by atoms with Gasteiger partial charge in [0.25, 0.3) is 5.91 Å². The van der Waals surface area contributed by atoms with Gasteiger partial charge in [0.15, 0.2) is 5.82 Å². The number of hydrogen-bond acceptors (Lipinski definition) is 4. The molecule has 0 saturated carbocycles. The summed E-state index contributed by atoms with van der Waals surface area (Å²) in [6, 6.07) is 8.37. The highest BCUT2D eigenvalue weighted by molar-refractivity contribution is 9.10. The summed E-state index contributed by atoms with van der Waals surface area (Å²) in [4.78, 5) is 27.3. The first kappa shape index (κ1) is 19.2. The van der Waals surface area contributed by atoms with E-state index in [2.05, 4.69) is 31.7 Å². The highest BCUT2D eigenvalue weighted by Gasteiger charge is 2.36. The average molecular weight is 433 g/mol. The Labute approximate surface area is 165 Å². The second-order valence-electron chi connectivity index (χ2n) is 6.33. The third-order valence-electron chi connectivity index (χ3n) is 4.37. The second-order valence-corrected chi connectivity index (χ2v) is 7.19. The predicted molar refractivity (Wildman–Crippen MR) is 105 cm³/mol. The number of aryl methyl sites for hydroxylation is 1. The Kier molecular flexibility index (Phi) is 5.65. The Bertz CT molecular complexity index is 906. The van der Waals surface area contributed by atoms with Gasteiger partial charge in [-0.25, -0.2) is 4.79 Å². The number of allylic oxidation sites excluding steroid dienone is 1. The molecular weight excluding hydrogens is 412 g/mol. The quantitative estimate of drug-likeness (QED) is 0.742. The van der Waals surface area contributed by atoms with Crippen LogP contribution in [0, 0.1) is 6.92 Å². The Morgan fingerprint density at radius 2 is 2.11 bits per heavy atom. The van der Waals surface area contributed by atoms with Crippen molar-refractivity contribution in [3.63, 3.8) is 0 Å². The fraction of sp³-hybridized carbons (Fsp3) is 0.316. The monoisotopic (exact) mass is 432 g/mol. The molecular formula is C19H21BrN4O3. The standard InChI is InChI=1S/C19H21BrN4O3/c1-4-9-24-12(3)16(18(25)21-15-10-11(2)27-23-15)17(22-19(24)26)13-7-5-6-8-14(13)20/h5-8,10,17H,4,9H2,1-3H3,(H,22,26)(H,21,23,25). The fourth-order valence-corrected chi connectivity index (χ4v) is 3.63. The van der Waals surface area contributed by atoms with Crippen LogP contribution in [-0.4, -0.2) is 28.5 Å². The van der Waals surface area contributed by atoms with E-state index in [9.17, 15) is 9.59 Å². The molecule has 1 atom stereocenters. The maximum atomic E-state index is 13.1. The van der Waals surface area contributed by atoms with Gasteiger partial charge in [-0.05, 0) is 31.9 Å². The van der Waals surface area contributed by atoms with Gasteiger partial charge in [0.05, 0.1) is 11.6 Å². The molecule has 1 aromatic carbocycles. The zero-order chi connectivity index (χ0) is 19.6. The first-order chi connectivity index (χ1) is 12.9. The smallest absolute Gasteiger partial charge is 0.322 e. The number of hydrogen-bond donors (Lipinski definition) is 2. The van der Waals surface area contributed by atoms with Crippen molar-refractivity contribution in [2.24, 2.45) is 0 Å². The number of halogens is 1. The van der Waals surface area contributed by atoms with Gasteiger partial charge in [-0.3, -0.25) is 9.69 Å². The SMILES string of the molecule is CCCN1C(=O)NC(c2ccccc2Br)C(C(=O)Nc2cc(C)on2)=C1C. The molecule has 2 heterocycles. The van der Waals surface area contributed by atoms with Crippen molar-refractivity contribution in [3.8, 4) is 0 Å². The Balaban J connectivity index is 2.04. The van der Waals surface area contributed by atoms with E-state index in [1.54, 1.807) is 24.8 Å². The van der Waals surface area contributed by atoms with Crippen molar-refractivity contribution in [1.82, 2.24) is 15.4 Å². The van der Waals surface area contributed by atoms with Crippen LogP contribution in [0.3, 0.4) is 0 Å². The van der Waals surface area contributed by atoms with Crippen LogP contribution in [-0.2, 0) is 4.79 Å². The van der Waals surface area contributed by atoms with Crippen LogP contribution >= 0.6 is 15.9 Å². The zero-order valence-corrected chi connectivity index (χ0v) is 17.0. The molecule has 0 radical (unpaired) electrons. The number of aromatic nitrogens is 1. The van der Waals surface area contributed by atoms with E-state index in [1.807, 2.05) is 31.2 Å². The third kappa shape index (κ3) is 3.90. The summed E-state index contributed by atoms with van der Waals surface area (Å²) >= 11 is 3.52. The minimum atomic E-state index is -0.575. The lowest BCUT2D eigenvalue weighted by molar-refractivity contribution is -0.113. The maximum absolute atomic E-state index is 13.1. The van der Waals surface area contributed by atoms with Crippen LogP contribution in [0.1, 0.15) is 37.6 Å². The lowest BCUT2D eigenvalue weighted by atomic mass is 9.94. The highest BCUT2D eigenvalue weighted by atomic mass is 79.9. The molecule has 1 aliphatic heterocycles. The molecule has 27 heavy (non-hydrogen) atoms. The lowest BCUT2D eigenvalue weighted by Crippen LogP contribution is -2.48. The molecule has 2 N–H and O–H groups in total. The first-order valence-electron chi connectivity index (χ1n) is 8.70. The fourth-order valence-electron chi connectivity index (χ4n) is 3.12. The predicted octanol–water partition coefficient (Wildman–Crippen LogP) is 4.13. The van der Waals surface area contributed by atoms with Crippen molar-refractivity contribution in [2.75, 3.05) is 11.9 Å². The van der Waals surface area contributed by atoms with E-state index in [-0.39, 0.29) is 11.9 Å². The molecule has 142 valence electrons. The molecule has 0 aliphatic carbocycles.